The molecule has 0 bridgehead atoms. The lowest BCUT2D eigenvalue weighted by Gasteiger charge is -2.21. The van der Waals surface area contributed by atoms with E-state index in [0.29, 0.717) is 6.54 Å². The lowest BCUT2D eigenvalue weighted by Crippen LogP contribution is -2.25. The van der Waals surface area contributed by atoms with Gasteiger partial charge >= 0.3 is 0 Å². The minimum absolute atomic E-state index is 0.697. The van der Waals surface area contributed by atoms with E-state index >= 15 is 0 Å². The first kappa shape index (κ1) is 12.4. The number of hydrogen-bond donors (Lipinski definition) is 1. The van der Waals surface area contributed by atoms with Gasteiger partial charge in [-0.2, -0.15) is 0 Å². The molecule has 0 aliphatic carbocycles. The van der Waals surface area contributed by atoms with E-state index in [4.69, 9.17) is 5.73 Å². The van der Waals surface area contributed by atoms with Gasteiger partial charge in [-0.15, -0.1) is 0 Å². The smallest absolute Gasteiger partial charge is 0.128 e. The minimum atomic E-state index is 0.697. The Morgan fingerprint density at radius 3 is 2.94 bits per heavy atom. The third kappa shape index (κ3) is 3.43. The topological polar surface area (TPSA) is 42.1 Å². The molecule has 1 aromatic heterocycles. The molecule has 1 aliphatic heterocycles. The van der Waals surface area contributed by atoms with Gasteiger partial charge in [0, 0.05) is 19.3 Å². The number of aromatic nitrogens is 1. The Balaban J connectivity index is 2.00. The largest absolute Gasteiger partial charge is 0.357 e. The average molecular weight is 233 g/mol. The number of rotatable bonds is 3. The van der Waals surface area contributed by atoms with Gasteiger partial charge < -0.3 is 10.6 Å². The minimum Gasteiger partial charge on any atom is -0.357 e. The highest BCUT2D eigenvalue weighted by Crippen LogP contribution is 2.20. The molecule has 0 radical (unpaired) electrons. The maximum Gasteiger partial charge on any atom is 0.128 e. The molecule has 1 fully saturated rings. The molecule has 0 spiro atoms. The van der Waals surface area contributed by atoms with E-state index in [1.54, 1.807) is 0 Å². The molecule has 3 heteroatoms. The van der Waals surface area contributed by atoms with Crippen LogP contribution in [0.4, 0.5) is 5.82 Å². The lowest BCUT2D eigenvalue weighted by molar-refractivity contribution is 0.521. The van der Waals surface area contributed by atoms with Crippen molar-refractivity contribution in [3.8, 4) is 0 Å². The Bertz CT molecular complexity index is 334. The van der Waals surface area contributed by atoms with Crippen molar-refractivity contribution in [3.05, 3.63) is 23.9 Å². The second-order valence-electron chi connectivity index (χ2n) is 5.09. The van der Waals surface area contributed by atoms with Crippen LogP contribution in [-0.2, 0) is 6.42 Å². The fourth-order valence-corrected chi connectivity index (χ4v) is 2.41. The van der Waals surface area contributed by atoms with E-state index in [1.807, 2.05) is 6.20 Å². The summed E-state index contributed by atoms with van der Waals surface area (Å²) in [7, 11) is 0. The summed E-state index contributed by atoms with van der Waals surface area (Å²) in [6, 6.07) is 4.30. The standard InChI is InChI=1S/C14H23N3/c1-12-3-2-9-17(10-7-12)14-5-4-13(6-8-15)11-16-14/h4-5,11-12H,2-3,6-10,15H2,1H3. The van der Waals surface area contributed by atoms with Gasteiger partial charge in [0.1, 0.15) is 5.82 Å². The number of nitrogens with zero attached hydrogens (tertiary/aromatic N) is 2. The van der Waals surface area contributed by atoms with Crippen molar-refractivity contribution in [1.29, 1.82) is 0 Å². The predicted octanol–water partition coefficient (Wildman–Crippen LogP) is 2.21. The Morgan fingerprint density at radius 2 is 2.24 bits per heavy atom. The Morgan fingerprint density at radius 1 is 1.35 bits per heavy atom. The van der Waals surface area contributed by atoms with Crippen molar-refractivity contribution in [2.24, 2.45) is 11.7 Å². The third-order valence-corrected chi connectivity index (χ3v) is 3.58. The molecule has 1 aliphatic rings. The molecule has 1 saturated heterocycles. The molecule has 3 nitrogen and oxygen atoms in total. The molecular weight excluding hydrogens is 210 g/mol. The van der Waals surface area contributed by atoms with Gasteiger partial charge in [-0.05, 0) is 49.8 Å². The summed E-state index contributed by atoms with van der Waals surface area (Å²) in [4.78, 5) is 6.97. The van der Waals surface area contributed by atoms with E-state index in [2.05, 4.69) is 28.9 Å². The van der Waals surface area contributed by atoms with Gasteiger partial charge in [0.05, 0.1) is 0 Å². The zero-order valence-corrected chi connectivity index (χ0v) is 10.7. The number of anilines is 1. The van der Waals surface area contributed by atoms with E-state index < -0.39 is 0 Å². The Labute approximate surface area is 104 Å². The summed E-state index contributed by atoms with van der Waals surface area (Å²) in [6.45, 7) is 5.33. The molecule has 2 heterocycles. The molecule has 94 valence electrons. The summed E-state index contributed by atoms with van der Waals surface area (Å²) in [5.74, 6) is 1.98. The van der Waals surface area contributed by atoms with Gasteiger partial charge in [0.2, 0.25) is 0 Å². The van der Waals surface area contributed by atoms with Gasteiger partial charge in [0.25, 0.3) is 0 Å². The predicted molar refractivity (Wildman–Crippen MR) is 72.2 cm³/mol. The number of hydrogen-bond acceptors (Lipinski definition) is 3. The summed E-state index contributed by atoms with van der Waals surface area (Å²) in [6.07, 6.45) is 6.81. The lowest BCUT2D eigenvalue weighted by atomic mass is 10.0. The van der Waals surface area contributed by atoms with Crippen molar-refractivity contribution < 1.29 is 0 Å². The zero-order chi connectivity index (χ0) is 12.1. The first-order chi connectivity index (χ1) is 8.29. The van der Waals surface area contributed by atoms with Gasteiger partial charge in [-0.1, -0.05) is 13.0 Å². The first-order valence-electron chi connectivity index (χ1n) is 6.69. The fourth-order valence-electron chi connectivity index (χ4n) is 2.41. The van der Waals surface area contributed by atoms with E-state index in [1.165, 1.54) is 24.8 Å². The van der Waals surface area contributed by atoms with E-state index in [-0.39, 0.29) is 0 Å². The van der Waals surface area contributed by atoms with E-state index in [0.717, 1.165) is 31.2 Å². The maximum absolute atomic E-state index is 5.54. The van der Waals surface area contributed by atoms with Crippen LogP contribution in [0.15, 0.2) is 18.3 Å². The molecule has 1 atom stereocenters. The van der Waals surface area contributed by atoms with Crippen molar-refractivity contribution in [2.75, 3.05) is 24.5 Å². The summed E-state index contributed by atoms with van der Waals surface area (Å²) in [5.41, 5.74) is 6.77. The van der Waals surface area contributed by atoms with Crippen LogP contribution in [0.5, 0.6) is 0 Å². The molecule has 17 heavy (non-hydrogen) atoms. The van der Waals surface area contributed by atoms with Crippen LogP contribution < -0.4 is 10.6 Å². The van der Waals surface area contributed by atoms with Crippen LogP contribution in [0.25, 0.3) is 0 Å². The van der Waals surface area contributed by atoms with Crippen LogP contribution in [0.2, 0.25) is 0 Å². The quantitative estimate of drug-likeness (QED) is 0.870. The van der Waals surface area contributed by atoms with Gasteiger partial charge in [-0.25, -0.2) is 4.98 Å². The van der Waals surface area contributed by atoms with Crippen molar-refractivity contribution >= 4 is 5.82 Å². The second kappa shape index (κ2) is 6.01. The van der Waals surface area contributed by atoms with Crippen LogP contribution in [-0.4, -0.2) is 24.6 Å². The zero-order valence-electron chi connectivity index (χ0n) is 10.7. The van der Waals surface area contributed by atoms with Crippen molar-refractivity contribution in [3.63, 3.8) is 0 Å². The molecular formula is C14H23N3. The van der Waals surface area contributed by atoms with E-state index in [9.17, 15) is 0 Å². The number of nitrogens with two attached hydrogens (primary N) is 1. The molecule has 0 amide bonds. The Kier molecular flexibility index (Phi) is 4.37. The monoisotopic (exact) mass is 233 g/mol. The van der Waals surface area contributed by atoms with Gasteiger partial charge in [0.15, 0.2) is 0 Å². The Hall–Kier alpha value is -1.09. The highest BCUT2D eigenvalue weighted by molar-refractivity contribution is 5.39. The SMILES string of the molecule is CC1CCCN(c2ccc(CCN)cn2)CC1. The number of pyridine rings is 1. The summed E-state index contributed by atoms with van der Waals surface area (Å²) in [5, 5.41) is 0. The van der Waals surface area contributed by atoms with Crippen LogP contribution >= 0.6 is 0 Å². The van der Waals surface area contributed by atoms with Gasteiger partial charge in [-0.3, -0.25) is 0 Å². The highest BCUT2D eigenvalue weighted by atomic mass is 15.2. The van der Waals surface area contributed by atoms with Crippen LogP contribution in [0.1, 0.15) is 31.7 Å². The molecule has 0 saturated carbocycles. The average Bonchev–Trinajstić information content (AvgIpc) is 2.56. The summed E-state index contributed by atoms with van der Waals surface area (Å²) < 4.78 is 0. The highest BCUT2D eigenvalue weighted by Gasteiger charge is 2.14. The maximum atomic E-state index is 5.54. The molecule has 1 aromatic rings. The van der Waals surface area contributed by atoms with Crippen LogP contribution in [0.3, 0.4) is 0 Å². The molecule has 2 N–H and O–H groups in total. The van der Waals surface area contributed by atoms with Crippen molar-refractivity contribution in [2.45, 2.75) is 32.6 Å². The fraction of sp³-hybridized carbons (Fsp3) is 0.643. The normalized spacial score (nSPS) is 21.3. The molecule has 0 aromatic carbocycles. The van der Waals surface area contributed by atoms with Crippen molar-refractivity contribution in [1.82, 2.24) is 4.98 Å². The second-order valence-corrected chi connectivity index (χ2v) is 5.09. The first-order valence-corrected chi connectivity index (χ1v) is 6.69. The van der Waals surface area contributed by atoms with Crippen LogP contribution in [0, 0.1) is 5.92 Å². The summed E-state index contributed by atoms with van der Waals surface area (Å²) >= 11 is 0. The molecule has 1 unspecified atom stereocenters. The molecule has 2 rings (SSSR count). The third-order valence-electron chi connectivity index (χ3n) is 3.58.